The molecule has 6 heteroatoms. The first-order valence-corrected chi connectivity index (χ1v) is 10.4. The van der Waals surface area contributed by atoms with E-state index in [1.807, 2.05) is 30.3 Å². The Labute approximate surface area is 180 Å². The van der Waals surface area contributed by atoms with Crippen LogP contribution in [0.25, 0.3) is 0 Å². The van der Waals surface area contributed by atoms with Crippen molar-refractivity contribution in [1.29, 1.82) is 0 Å². The maximum absolute atomic E-state index is 13.5. The van der Waals surface area contributed by atoms with Gasteiger partial charge in [-0.2, -0.15) is 0 Å². The molecule has 0 aromatic heterocycles. The largest absolute Gasteiger partial charge is 0.490 e. The summed E-state index contributed by atoms with van der Waals surface area (Å²) in [7, 11) is 0. The molecule has 4 rings (SSSR count). The van der Waals surface area contributed by atoms with Gasteiger partial charge in [0.15, 0.2) is 5.78 Å². The molecule has 31 heavy (non-hydrogen) atoms. The average Bonchev–Trinajstić information content (AvgIpc) is 2.77. The van der Waals surface area contributed by atoms with Gasteiger partial charge in [-0.1, -0.05) is 30.3 Å². The number of rotatable bonds is 6. The minimum atomic E-state index is -0.577. The average molecular weight is 421 g/mol. The third-order valence-electron chi connectivity index (χ3n) is 5.53. The summed E-state index contributed by atoms with van der Waals surface area (Å²) in [4.78, 5) is 25.9. The summed E-state index contributed by atoms with van der Waals surface area (Å²) in [5, 5.41) is 3.24. The predicted octanol–water partition coefficient (Wildman–Crippen LogP) is 4.42. The molecule has 2 aromatic carbocycles. The van der Waals surface area contributed by atoms with Crippen LogP contribution in [0.1, 0.15) is 37.7 Å². The number of halogens is 1. The van der Waals surface area contributed by atoms with Crippen LogP contribution in [-0.2, 0) is 14.3 Å². The van der Waals surface area contributed by atoms with E-state index in [0.717, 1.165) is 18.5 Å². The van der Waals surface area contributed by atoms with Gasteiger partial charge in [0.1, 0.15) is 24.8 Å². The fourth-order valence-electron chi connectivity index (χ4n) is 4.13. The summed E-state index contributed by atoms with van der Waals surface area (Å²) in [6.07, 6.45) is 1.94. The molecule has 0 bridgehead atoms. The van der Waals surface area contributed by atoms with Gasteiger partial charge in [0.05, 0.1) is 5.57 Å². The molecule has 2 aromatic rings. The quantitative estimate of drug-likeness (QED) is 0.553. The zero-order valence-corrected chi connectivity index (χ0v) is 17.3. The molecule has 0 spiro atoms. The summed E-state index contributed by atoms with van der Waals surface area (Å²) in [6.45, 7) is 2.08. The summed E-state index contributed by atoms with van der Waals surface area (Å²) >= 11 is 0. The molecule has 160 valence electrons. The Morgan fingerprint density at radius 2 is 1.81 bits per heavy atom. The van der Waals surface area contributed by atoms with E-state index in [0.29, 0.717) is 34.6 Å². The minimum Gasteiger partial charge on any atom is -0.490 e. The van der Waals surface area contributed by atoms with Gasteiger partial charge in [0, 0.05) is 29.3 Å². The smallest absolute Gasteiger partial charge is 0.336 e. The van der Waals surface area contributed by atoms with Crippen molar-refractivity contribution in [3.05, 3.63) is 88.5 Å². The number of carbonyl (C=O) groups excluding carboxylic acids is 2. The van der Waals surface area contributed by atoms with E-state index in [-0.39, 0.29) is 24.8 Å². The number of benzene rings is 2. The van der Waals surface area contributed by atoms with Crippen molar-refractivity contribution in [3.63, 3.8) is 0 Å². The second-order valence-corrected chi connectivity index (χ2v) is 7.61. The van der Waals surface area contributed by atoms with Gasteiger partial charge in [-0.05, 0) is 49.6 Å². The number of nitrogens with one attached hydrogen (secondary N) is 1. The van der Waals surface area contributed by atoms with Crippen LogP contribution in [0.5, 0.6) is 5.75 Å². The number of hydrogen-bond donors (Lipinski definition) is 1. The van der Waals surface area contributed by atoms with Crippen molar-refractivity contribution in [2.45, 2.75) is 32.1 Å². The third-order valence-corrected chi connectivity index (χ3v) is 5.53. The SMILES string of the molecule is CC1=C(C(=O)OCCOc2ccccc2)[C@@H](c2ccc(F)cc2)C2=C(CCCC2=O)N1. The maximum atomic E-state index is 13.5. The molecule has 0 amide bonds. The Hall–Kier alpha value is -3.41. The van der Waals surface area contributed by atoms with Crippen LogP contribution in [0, 0.1) is 5.82 Å². The maximum Gasteiger partial charge on any atom is 0.336 e. The second kappa shape index (κ2) is 9.16. The molecule has 1 atom stereocenters. The number of allylic oxidation sites excluding steroid dienone is 3. The highest BCUT2D eigenvalue weighted by atomic mass is 19.1. The second-order valence-electron chi connectivity index (χ2n) is 7.61. The fraction of sp³-hybridized carbons (Fsp3) is 0.280. The molecule has 0 radical (unpaired) electrons. The monoisotopic (exact) mass is 421 g/mol. The van der Waals surface area contributed by atoms with Crippen LogP contribution < -0.4 is 10.1 Å². The number of esters is 1. The molecule has 1 aliphatic carbocycles. The van der Waals surface area contributed by atoms with Gasteiger partial charge in [0.2, 0.25) is 0 Å². The van der Waals surface area contributed by atoms with Gasteiger partial charge in [-0.3, -0.25) is 4.79 Å². The molecule has 2 aliphatic rings. The Balaban J connectivity index is 1.55. The van der Waals surface area contributed by atoms with E-state index in [1.165, 1.54) is 12.1 Å². The van der Waals surface area contributed by atoms with Crippen molar-refractivity contribution in [2.24, 2.45) is 0 Å². The van der Waals surface area contributed by atoms with E-state index >= 15 is 0 Å². The normalized spacial score (nSPS) is 18.4. The molecule has 1 heterocycles. The number of hydrogen-bond acceptors (Lipinski definition) is 5. The Bertz CT molecular complexity index is 1040. The standard InChI is InChI=1S/C25H24FNO4/c1-16-22(25(29)31-15-14-30-19-6-3-2-4-7-19)23(17-10-12-18(26)13-11-17)24-20(27-16)8-5-9-21(24)28/h2-4,6-7,10-13,23,27H,5,8-9,14-15H2,1H3/t23-/m1/s1. The van der Waals surface area contributed by atoms with Crippen LogP contribution in [0.4, 0.5) is 4.39 Å². The Morgan fingerprint density at radius 1 is 1.06 bits per heavy atom. The van der Waals surface area contributed by atoms with E-state index in [4.69, 9.17) is 9.47 Å². The fourth-order valence-corrected chi connectivity index (χ4v) is 4.13. The van der Waals surface area contributed by atoms with Crippen molar-refractivity contribution in [3.8, 4) is 5.75 Å². The van der Waals surface area contributed by atoms with Gasteiger partial charge < -0.3 is 14.8 Å². The number of carbonyl (C=O) groups is 2. The highest BCUT2D eigenvalue weighted by Crippen LogP contribution is 2.42. The lowest BCUT2D eigenvalue weighted by atomic mass is 9.75. The molecular formula is C25H24FNO4. The number of Topliss-reactive ketones (excluding diaryl/α,β-unsaturated/α-hetero) is 1. The molecule has 1 N–H and O–H groups in total. The zero-order valence-electron chi connectivity index (χ0n) is 17.3. The molecule has 0 fully saturated rings. The van der Waals surface area contributed by atoms with Crippen molar-refractivity contribution < 1.29 is 23.5 Å². The Kier molecular flexibility index (Phi) is 6.16. The molecule has 1 aliphatic heterocycles. The van der Waals surface area contributed by atoms with E-state index in [1.54, 1.807) is 19.1 Å². The van der Waals surface area contributed by atoms with Gasteiger partial charge in [-0.25, -0.2) is 9.18 Å². The predicted molar refractivity (Wildman–Crippen MR) is 114 cm³/mol. The molecule has 5 nitrogen and oxygen atoms in total. The van der Waals surface area contributed by atoms with Gasteiger partial charge in [-0.15, -0.1) is 0 Å². The highest BCUT2D eigenvalue weighted by Gasteiger charge is 2.39. The van der Waals surface area contributed by atoms with E-state index in [9.17, 15) is 14.0 Å². The minimum absolute atomic E-state index is 0.00767. The number of ether oxygens (including phenoxy) is 2. The van der Waals surface area contributed by atoms with Gasteiger partial charge >= 0.3 is 5.97 Å². The van der Waals surface area contributed by atoms with E-state index in [2.05, 4.69) is 5.32 Å². The van der Waals surface area contributed by atoms with Crippen molar-refractivity contribution in [2.75, 3.05) is 13.2 Å². The molecule has 0 saturated heterocycles. The molecule has 0 unspecified atom stereocenters. The summed E-state index contributed by atoms with van der Waals surface area (Å²) in [5.74, 6) is -0.758. The van der Waals surface area contributed by atoms with Crippen LogP contribution in [0.3, 0.4) is 0 Å². The van der Waals surface area contributed by atoms with Gasteiger partial charge in [0.25, 0.3) is 0 Å². The van der Waals surface area contributed by atoms with Crippen LogP contribution in [0.2, 0.25) is 0 Å². The summed E-state index contributed by atoms with van der Waals surface area (Å²) in [5.41, 5.74) is 3.14. The van der Waals surface area contributed by atoms with Crippen molar-refractivity contribution in [1.82, 2.24) is 5.32 Å². The van der Waals surface area contributed by atoms with E-state index < -0.39 is 11.9 Å². The van der Waals surface area contributed by atoms with Crippen LogP contribution >= 0.6 is 0 Å². The lowest BCUT2D eigenvalue weighted by Crippen LogP contribution is -2.34. The zero-order chi connectivity index (χ0) is 21.8. The number of dihydropyridines is 1. The lowest BCUT2D eigenvalue weighted by molar-refractivity contribution is -0.140. The Morgan fingerprint density at radius 3 is 2.55 bits per heavy atom. The molecule has 0 saturated carbocycles. The summed E-state index contributed by atoms with van der Waals surface area (Å²) in [6, 6.07) is 15.2. The molecular weight excluding hydrogens is 397 g/mol. The first-order valence-electron chi connectivity index (χ1n) is 10.4. The first-order chi connectivity index (χ1) is 15.0. The first kappa shape index (κ1) is 20.8. The van der Waals surface area contributed by atoms with Crippen LogP contribution in [0.15, 0.2) is 77.1 Å². The van der Waals surface area contributed by atoms with Crippen molar-refractivity contribution >= 4 is 11.8 Å². The third kappa shape index (κ3) is 4.53. The van der Waals surface area contributed by atoms with Crippen LogP contribution in [-0.4, -0.2) is 25.0 Å². The number of ketones is 1. The summed E-state index contributed by atoms with van der Waals surface area (Å²) < 4.78 is 24.6. The lowest BCUT2D eigenvalue weighted by Gasteiger charge is -2.34. The highest BCUT2D eigenvalue weighted by molar-refractivity contribution is 6.03. The topological polar surface area (TPSA) is 64.6 Å². The number of para-hydroxylation sites is 1.